The zero-order valence-electron chi connectivity index (χ0n) is 18.1. The van der Waals surface area contributed by atoms with Gasteiger partial charge in [0, 0.05) is 33.5 Å². The van der Waals surface area contributed by atoms with E-state index < -0.39 is 0 Å². The van der Waals surface area contributed by atoms with Gasteiger partial charge in [0.25, 0.3) is 0 Å². The third-order valence-electron chi connectivity index (χ3n) is 5.84. The first-order valence-electron chi connectivity index (χ1n) is 10.3. The molecular formula is C24H22Cl3N3O3. The van der Waals surface area contributed by atoms with Crippen molar-refractivity contribution in [3.8, 4) is 22.8 Å². The number of carbonyl (C=O) groups excluding carboxylic acids is 1. The minimum absolute atomic E-state index is 0.0501. The van der Waals surface area contributed by atoms with Gasteiger partial charge in [-0.25, -0.2) is 0 Å². The lowest BCUT2D eigenvalue weighted by Crippen LogP contribution is -2.14. The van der Waals surface area contributed by atoms with Gasteiger partial charge >= 0.3 is 0 Å². The van der Waals surface area contributed by atoms with Crippen LogP contribution in [0.1, 0.15) is 29.2 Å². The van der Waals surface area contributed by atoms with Crippen LogP contribution in [0.2, 0.25) is 15.1 Å². The molecule has 2 aromatic carbocycles. The number of hydrogen-bond acceptors (Lipinski definition) is 4. The highest BCUT2D eigenvalue weighted by Gasteiger charge is 2.31. The number of nitrogens with zero attached hydrogens (tertiary/aromatic N) is 1. The Morgan fingerprint density at radius 2 is 1.88 bits per heavy atom. The van der Waals surface area contributed by atoms with E-state index >= 15 is 0 Å². The van der Waals surface area contributed by atoms with Crippen LogP contribution in [0.25, 0.3) is 11.3 Å². The molecule has 0 radical (unpaired) electrons. The summed E-state index contributed by atoms with van der Waals surface area (Å²) < 4.78 is 10.9. The molecule has 0 aliphatic heterocycles. The summed E-state index contributed by atoms with van der Waals surface area (Å²) in [6, 6.07) is 6.96. The third-order valence-corrected chi connectivity index (χ3v) is 6.86. The molecule has 1 aliphatic carbocycles. The number of halogens is 3. The number of aromatic nitrogens is 2. The Morgan fingerprint density at radius 3 is 2.52 bits per heavy atom. The topological polar surface area (TPSA) is 76.2 Å². The molecule has 0 saturated heterocycles. The SMILES string of the molecule is C=CC(=O)Nc1ccc(Cl)cc1-c1n[nH]c2c1CC[C@H](c1c(Cl)c(OC)cc(OC)c1Cl)C2. The number of H-pyrrole nitrogens is 1. The van der Waals surface area contributed by atoms with Gasteiger partial charge in [-0.05, 0) is 49.5 Å². The Labute approximate surface area is 206 Å². The van der Waals surface area contributed by atoms with Crippen LogP contribution in [0.3, 0.4) is 0 Å². The Hall–Kier alpha value is -2.67. The summed E-state index contributed by atoms with van der Waals surface area (Å²) in [5, 5.41) is 12.1. The van der Waals surface area contributed by atoms with Gasteiger partial charge in [-0.3, -0.25) is 9.89 Å². The van der Waals surface area contributed by atoms with Crippen molar-refractivity contribution in [2.45, 2.75) is 25.2 Å². The molecule has 0 spiro atoms. The second kappa shape index (κ2) is 9.67. The molecule has 0 saturated carbocycles. The van der Waals surface area contributed by atoms with Crippen molar-refractivity contribution in [1.82, 2.24) is 10.2 Å². The molecule has 9 heteroatoms. The summed E-state index contributed by atoms with van der Waals surface area (Å²) in [4.78, 5) is 11.9. The van der Waals surface area contributed by atoms with E-state index in [1.807, 2.05) is 0 Å². The molecular weight excluding hydrogens is 485 g/mol. The zero-order valence-corrected chi connectivity index (χ0v) is 20.4. The lowest BCUT2D eigenvalue weighted by molar-refractivity contribution is -0.111. The van der Waals surface area contributed by atoms with Crippen LogP contribution in [0.15, 0.2) is 36.9 Å². The summed E-state index contributed by atoms with van der Waals surface area (Å²) in [5.41, 5.74) is 4.97. The monoisotopic (exact) mass is 505 g/mol. The van der Waals surface area contributed by atoms with Crippen molar-refractivity contribution in [2.75, 3.05) is 19.5 Å². The van der Waals surface area contributed by atoms with Gasteiger partial charge in [0.05, 0.1) is 35.6 Å². The van der Waals surface area contributed by atoms with Crippen molar-refractivity contribution in [1.29, 1.82) is 0 Å². The van der Waals surface area contributed by atoms with E-state index in [0.29, 0.717) is 38.7 Å². The number of fused-ring (bicyclic) bond motifs is 1. The molecule has 172 valence electrons. The smallest absolute Gasteiger partial charge is 0.247 e. The molecule has 1 amide bonds. The summed E-state index contributed by atoms with van der Waals surface area (Å²) in [5.74, 6) is 0.782. The van der Waals surface area contributed by atoms with Crippen molar-refractivity contribution in [3.05, 3.63) is 68.8 Å². The maximum absolute atomic E-state index is 11.9. The standard InChI is InChI=1S/C24H22Cl3N3O3/c1-4-20(31)28-16-8-6-13(25)10-15(16)24-14-7-5-12(9-17(14)29-30-24)21-22(26)18(32-2)11-19(33-3)23(21)27/h4,6,8,10-12H,1,5,7,9H2,2-3H3,(H,28,31)(H,29,30)/t12-/m0/s1. The predicted molar refractivity (Wildman–Crippen MR) is 132 cm³/mol. The van der Waals surface area contributed by atoms with Crippen LogP contribution in [-0.2, 0) is 17.6 Å². The molecule has 0 unspecified atom stereocenters. The molecule has 4 rings (SSSR count). The van der Waals surface area contributed by atoms with Crippen molar-refractivity contribution < 1.29 is 14.3 Å². The summed E-state index contributed by atoms with van der Waals surface area (Å²) in [7, 11) is 3.12. The van der Waals surface area contributed by atoms with Crippen molar-refractivity contribution in [2.24, 2.45) is 0 Å². The van der Waals surface area contributed by atoms with Gasteiger partial charge in [0.2, 0.25) is 5.91 Å². The molecule has 1 atom stereocenters. The molecule has 6 nitrogen and oxygen atoms in total. The van der Waals surface area contributed by atoms with Gasteiger partial charge in [-0.15, -0.1) is 0 Å². The molecule has 33 heavy (non-hydrogen) atoms. The maximum Gasteiger partial charge on any atom is 0.247 e. The average Bonchev–Trinajstić information content (AvgIpc) is 3.23. The maximum atomic E-state index is 11.9. The van der Waals surface area contributed by atoms with E-state index in [4.69, 9.17) is 44.3 Å². The number of ether oxygens (including phenoxy) is 2. The van der Waals surface area contributed by atoms with E-state index in [0.717, 1.165) is 40.9 Å². The van der Waals surface area contributed by atoms with E-state index in [2.05, 4.69) is 22.1 Å². The van der Waals surface area contributed by atoms with Crippen molar-refractivity contribution in [3.63, 3.8) is 0 Å². The number of carbonyl (C=O) groups is 1. The van der Waals surface area contributed by atoms with Crippen LogP contribution < -0.4 is 14.8 Å². The quantitative estimate of drug-likeness (QED) is 0.377. The number of rotatable bonds is 6. The molecule has 2 N–H and O–H groups in total. The molecule has 0 bridgehead atoms. The lowest BCUT2D eigenvalue weighted by Gasteiger charge is -2.26. The molecule has 0 fully saturated rings. The second-order valence-corrected chi connectivity index (χ2v) is 8.87. The number of aromatic amines is 1. The minimum Gasteiger partial charge on any atom is -0.495 e. The van der Waals surface area contributed by atoms with E-state index in [1.54, 1.807) is 38.5 Å². The summed E-state index contributed by atoms with van der Waals surface area (Å²) >= 11 is 19.6. The highest BCUT2D eigenvalue weighted by Crippen LogP contribution is 2.48. The summed E-state index contributed by atoms with van der Waals surface area (Å²) in [6.45, 7) is 3.51. The minimum atomic E-state index is -0.306. The number of hydrogen-bond donors (Lipinski definition) is 2. The summed E-state index contributed by atoms with van der Waals surface area (Å²) in [6.07, 6.45) is 3.41. The highest BCUT2D eigenvalue weighted by molar-refractivity contribution is 6.38. The lowest BCUT2D eigenvalue weighted by atomic mass is 9.81. The average molecular weight is 507 g/mol. The Morgan fingerprint density at radius 1 is 1.18 bits per heavy atom. The first kappa shape index (κ1) is 23.5. The fraction of sp³-hybridized carbons (Fsp3) is 0.250. The number of amides is 1. The predicted octanol–water partition coefficient (Wildman–Crippen LogP) is 6.45. The van der Waals surface area contributed by atoms with Crippen LogP contribution in [-0.4, -0.2) is 30.3 Å². The highest BCUT2D eigenvalue weighted by atomic mass is 35.5. The van der Waals surface area contributed by atoms with Gasteiger partial charge in [-0.2, -0.15) is 5.10 Å². The van der Waals surface area contributed by atoms with E-state index in [-0.39, 0.29) is 11.8 Å². The molecule has 3 aromatic rings. The Balaban J connectivity index is 1.72. The van der Waals surface area contributed by atoms with Crippen LogP contribution in [0, 0.1) is 0 Å². The Bertz CT molecular complexity index is 1210. The van der Waals surface area contributed by atoms with Crippen LogP contribution >= 0.6 is 34.8 Å². The van der Waals surface area contributed by atoms with Crippen molar-refractivity contribution >= 4 is 46.4 Å². The number of benzene rings is 2. The first-order chi connectivity index (χ1) is 15.9. The molecule has 1 aromatic heterocycles. The fourth-order valence-corrected chi connectivity index (χ4v) is 5.23. The second-order valence-electron chi connectivity index (χ2n) is 7.68. The van der Waals surface area contributed by atoms with Crippen LogP contribution in [0.5, 0.6) is 11.5 Å². The molecule has 1 heterocycles. The largest absolute Gasteiger partial charge is 0.495 e. The van der Waals surface area contributed by atoms with Gasteiger partial charge in [-0.1, -0.05) is 41.4 Å². The van der Waals surface area contributed by atoms with Crippen LogP contribution in [0.4, 0.5) is 5.69 Å². The fourth-order valence-electron chi connectivity index (χ4n) is 4.24. The number of methoxy groups -OCH3 is 2. The van der Waals surface area contributed by atoms with E-state index in [1.165, 1.54) is 6.08 Å². The zero-order chi connectivity index (χ0) is 23.7. The normalized spacial score (nSPS) is 15.0. The number of nitrogens with one attached hydrogen (secondary N) is 2. The third kappa shape index (κ3) is 4.43. The van der Waals surface area contributed by atoms with Gasteiger partial charge < -0.3 is 14.8 Å². The number of anilines is 1. The van der Waals surface area contributed by atoms with Gasteiger partial charge in [0.1, 0.15) is 11.5 Å². The molecule has 1 aliphatic rings. The van der Waals surface area contributed by atoms with E-state index in [9.17, 15) is 4.79 Å². The first-order valence-corrected chi connectivity index (χ1v) is 11.4. The van der Waals surface area contributed by atoms with Gasteiger partial charge in [0.15, 0.2) is 0 Å². The Kier molecular flexibility index (Phi) is 6.88.